The van der Waals surface area contributed by atoms with E-state index in [0.717, 1.165) is 19.6 Å². The van der Waals surface area contributed by atoms with Crippen molar-refractivity contribution >= 4 is 5.91 Å². The minimum absolute atomic E-state index is 0.0205. The summed E-state index contributed by atoms with van der Waals surface area (Å²) in [6, 6.07) is 5.23. The number of methoxy groups -OCH3 is 2. The van der Waals surface area contributed by atoms with Gasteiger partial charge in [-0.05, 0) is 18.6 Å². The molecule has 0 saturated carbocycles. The summed E-state index contributed by atoms with van der Waals surface area (Å²) in [6.45, 7) is 2.72. The van der Waals surface area contributed by atoms with E-state index in [1.54, 1.807) is 32.4 Å². The van der Waals surface area contributed by atoms with Gasteiger partial charge < -0.3 is 23.8 Å². The standard InChI is InChI=1S/C17H23NO5/c1-20-14-10-13(11-15(12-14)21-2)16(19)18-6-4-17(5-7-18)22-8-3-9-23-17/h10-12H,3-9H2,1-2H3. The molecule has 0 radical (unpaired) electrons. The lowest BCUT2D eigenvalue weighted by Gasteiger charge is -2.43. The molecule has 0 atom stereocenters. The first-order valence-corrected chi connectivity index (χ1v) is 7.96. The number of rotatable bonds is 3. The van der Waals surface area contributed by atoms with Crippen molar-refractivity contribution in [1.29, 1.82) is 0 Å². The molecule has 0 unspecified atom stereocenters. The molecule has 2 aliphatic rings. The second-order valence-electron chi connectivity index (χ2n) is 5.85. The van der Waals surface area contributed by atoms with Crippen LogP contribution in [0.25, 0.3) is 0 Å². The predicted octanol–water partition coefficient (Wildman–Crippen LogP) is 2.07. The molecule has 2 aliphatic heterocycles. The van der Waals surface area contributed by atoms with Crippen LogP contribution in [-0.2, 0) is 9.47 Å². The fraction of sp³-hybridized carbons (Fsp3) is 0.588. The summed E-state index contributed by atoms with van der Waals surface area (Å²) in [6.07, 6.45) is 2.35. The van der Waals surface area contributed by atoms with E-state index in [1.165, 1.54) is 0 Å². The monoisotopic (exact) mass is 321 g/mol. The van der Waals surface area contributed by atoms with Crippen molar-refractivity contribution in [2.75, 3.05) is 40.5 Å². The number of carbonyl (C=O) groups excluding carboxylic acids is 1. The average molecular weight is 321 g/mol. The van der Waals surface area contributed by atoms with E-state index >= 15 is 0 Å². The van der Waals surface area contributed by atoms with E-state index < -0.39 is 5.79 Å². The van der Waals surface area contributed by atoms with Gasteiger partial charge in [-0.1, -0.05) is 0 Å². The third kappa shape index (κ3) is 3.43. The molecule has 2 heterocycles. The summed E-state index contributed by atoms with van der Waals surface area (Å²) in [4.78, 5) is 14.6. The third-order valence-electron chi connectivity index (χ3n) is 4.43. The summed E-state index contributed by atoms with van der Waals surface area (Å²) in [7, 11) is 3.15. The van der Waals surface area contributed by atoms with Crippen molar-refractivity contribution in [3.63, 3.8) is 0 Å². The lowest BCUT2D eigenvalue weighted by Crippen LogP contribution is -2.51. The topological polar surface area (TPSA) is 57.2 Å². The maximum atomic E-state index is 12.7. The highest BCUT2D eigenvalue weighted by Crippen LogP contribution is 2.32. The maximum Gasteiger partial charge on any atom is 0.254 e. The molecule has 2 fully saturated rings. The summed E-state index contributed by atoms with van der Waals surface area (Å²) >= 11 is 0. The molecular weight excluding hydrogens is 298 g/mol. The maximum absolute atomic E-state index is 12.7. The Kier molecular flexibility index (Phi) is 4.73. The number of nitrogens with zero attached hydrogens (tertiary/aromatic N) is 1. The van der Waals surface area contributed by atoms with Crippen LogP contribution >= 0.6 is 0 Å². The Labute approximate surface area is 136 Å². The van der Waals surface area contributed by atoms with Crippen LogP contribution in [-0.4, -0.2) is 57.1 Å². The molecule has 0 aromatic heterocycles. The number of piperidine rings is 1. The molecule has 2 saturated heterocycles. The van der Waals surface area contributed by atoms with Gasteiger partial charge in [-0.2, -0.15) is 0 Å². The Morgan fingerprint density at radius 3 is 2.13 bits per heavy atom. The van der Waals surface area contributed by atoms with Gasteiger partial charge in [-0.15, -0.1) is 0 Å². The van der Waals surface area contributed by atoms with Gasteiger partial charge in [0, 0.05) is 37.6 Å². The van der Waals surface area contributed by atoms with Crippen LogP contribution in [0, 0.1) is 0 Å². The number of hydrogen-bond acceptors (Lipinski definition) is 5. The van der Waals surface area contributed by atoms with E-state index in [2.05, 4.69) is 0 Å². The Bertz CT molecular complexity index is 536. The van der Waals surface area contributed by atoms with E-state index in [4.69, 9.17) is 18.9 Å². The number of benzene rings is 1. The molecule has 1 aromatic rings. The number of carbonyl (C=O) groups is 1. The zero-order valence-corrected chi connectivity index (χ0v) is 13.7. The molecule has 23 heavy (non-hydrogen) atoms. The second kappa shape index (κ2) is 6.76. The van der Waals surface area contributed by atoms with Crippen molar-refractivity contribution in [3.05, 3.63) is 23.8 Å². The van der Waals surface area contributed by atoms with Gasteiger partial charge in [0.05, 0.1) is 27.4 Å². The molecule has 126 valence electrons. The average Bonchev–Trinajstić information content (AvgIpc) is 2.62. The first kappa shape index (κ1) is 16.1. The quantitative estimate of drug-likeness (QED) is 0.853. The molecule has 6 heteroatoms. The Hall–Kier alpha value is -1.79. The molecule has 3 rings (SSSR count). The Balaban J connectivity index is 1.69. The molecule has 6 nitrogen and oxygen atoms in total. The van der Waals surface area contributed by atoms with Crippen LogP contribution in [0.4, 0.5) is 0 Å². The Morgan fingerprint density at radius 2 is 1.61 bits per heavy atom. The zero-order chi connectivity index (χ0) is 16.3. The van der Waals surface area contributed by atoms with Gasteiger partial charge in [0.1, 0.15) is 11.5 Å². The lowest BCUT2D eigenvalue weighted by atomic mass is 10.0. The fourth-order valence-corrected chi connectivity index (χ4v) is 3.07. The van der Waals surface area contributed by atoms with Gasteiger partial charge in [0.2, 0.25) is 0 Å². The van der Waals surface area contributed by atoms with Gasteiger partial charge in [0.15, 0.2) is 5.79 Å². The number of hydrogen-bond donors (Lipinski definition) is 0. The molecule has 0 bridgehead atoms. The zero-order valence-electron chi connectivity index (χ0n) is 13.7. The van der Waals surface area contributed by atoms with Gasteiger partial charge in [0.25, 0.3) is 5.91 Å². The first-order valence-electron chi connectivity index (χ1n) is 7.96. The van der Waals surface area contributed by atoms with Crippen molar-refractivity contribution in [1.82, 2.24) is 4.90 Å². The van der Waals surface area contributed by atoms with Gasteiger partial charge >= 0.3 is 0 Å². The minimum Gasteiger partial charge on any atom is -0.497 e. The van der Waals surface area contributed by atoms with Crippen LogP contribution in [0.3, 0.4) is 0 Å². The van der Waals surface area contributed by atoms with Crippen LogP contribution < -0.4 is 9.47 Å². The highest BCUT2D eigenvalue weighted by Gasteiger charge is 2.39. The van der Waals surface area contributed by atoms with Crippen molar-refractivity contribution < 1.29 is 23.7 Å². The summed E-state index contributed by atoms with van der Waals surface area (Å²) < 4.78 is 22.1. The van der Waals surface area contributed by atoms with Crippen molar-refractivity contribution in [2.24, 2.45) is 0 Å². The predicted molar refractivity (Wildman–Crippen MR) is 83.9 cm³/mol. The number of likely N-dealkylation sites (tertiary alicyclic amines) is 1. The largest absolute Gasteiger partial charge is 0.497 e. The SMILES string of the molecule is COc1cc(OC)cc(C(=O)N2CCC3(CC2)OCCCO3)c1. The normalized spacial score (nSPS) is 20.3. The fourth-order valence-electron chi connectivity index (χ4n) is 3.07. The Morgan fingerprint density at radius 1 is 1.04 bits per heavy atom. The summed E-state index contributed by atoms with van der Waals surface area (Å²) in [5.74, 6) is 0.717. The van der Waals surface area contributed by atoms with E-state index in [1.807, 2.05) is 4.90 Å². The van der Waals surface area contributed by atoms with Crippen LogP contribution in [0.2, 0.25) is 0 Å². The first-order chi connectivity index (χ1) is 11.2. The van der Waals surface area contributed by atoms with Crippen molar-refractivity contribution in [2.45, 2.75) is 25.0 Å². The van der Waals surface area contributed by atoms with Crippen LogP contribution in [0.1, 0.15) is 29.6 Å². The highest BCUT2D eigenvalue weighted by atomic mass is 16.7. The van der Waals surface area contributed by atoms with Gasteiger partial charge in [-0.3, -0.25) is 4.79 Å². The molecular formula is C17H23NO5. The molecule has 1 amide bonds. The summed E-state index contributed by atoms with van der Waals surface area (Å²) in [5, 5.41) is 0. The van der Waals surface area contributed by atoms with Crippen LogP contribution in [0.5, 0.6) is 11.5 Å². The van der Waals surface area contributed by atoms with Gasteiger partial charge in [-0.25, -0.2) is 0 Å². The molecule has 1 aromatic carbocycles. The second-order valence-corrected chi connectivity index (χ2v) is 5.85. The van der Waals surface area contributed by atoms with E-state index in [9.17, 15) is 4.79 Å². The molecule has 0 N–H and O–H groups in total. The molecule has 1 spiro atoms. The van der Waals surface area contributed by atoms with E-state index in [0.29, 0.717) is 43.0 Å². The van der Waals surface area contributed by atoms with Crippen molar-refractivity contribution in [3.8, 4) is 11.5 Å². The number of amides is 1. The smallest absolute Gasteiger partial charge is 0.254 e. The highest BCUT2D eigenvalue weighted by molar-refractivity contribution is 5.95. The number of ether oxygens (including phenoxy) is 4. The molecule has 0 aliphatic carbocycles. The minimum atomic E-state index is -0.485. The third-order valence-corrected chi connectivity index (χ3v) is 4.43. The van der Waals surface area contributed by atoms with Crippen LogP contribution in [0.15, 0.2) is 18.2 Å². The lowest BCUT2D eigenvalue weighted by molar-refractivity contribution is -0.281. The van der Waals surface area contributed by atoms with E-state index in [-0.39, 0.29) is 5.91 Å². The summed E-state index contributed by atoms with van der Waals surface area (Å²) in [5.41, 5.74) is 0.572.